The molecule has 3 N–H and O–H groups in total. The summed E-state index contributed by atoms with van der Waals surface area (Å²) in [6.07, 6.45) is 1.53. The molecule has 1 rings (SSSR count). The van der Waals surface area contributed by atoms with Crippen molar-refractivity contribution >= 4 is 31.6 Å². The molecule has 0 amide bonds. The first-order chi connectivity index (χ1) is 8.27. The Morgan fingerprint density at radius 2 is 2.11 bits per heavy atom. The summed E-state index contributed by atoms with van der Waals surface area (Å²) in [6.45, 7) is 3.68. The molecule has 0 bridgehead atoms. The first-order valence-corrected chi connectivity index (χ1v) is 7.82. The fraction of sp³-hybridized carbons (Fsp3) is 0.455. The smallest absolute Gasteiger partial charge is 0.243 e. The highest BCUT2D eigenvalue weighted by atomic mass is 79.9. The number of anilines is 1. The highest BCUT2D eigenvalue weighted by molar-refractivity contribution is 9.10. The van der Waals surface area contributed by atoms with Crippen LogP contribution in [0.3, 0.4) is 0 Å². The number of nitrogens with two attached hydrogens (primary N) is 1. The van der Waals surface area contributed by atoms with Gasteiger partial charge in [0.15, 0.2) is 0 Å². The number of nitrogens with one attached hydrogen (secondary N) is 1. The maximum atomic E-state index is 13.7. The van der Waals surface area contributed by atoms with Gasteiger partial charge in [-0.3, -0.25) is 0 Å². The first-order valence-electron chi connectivity index (χ1n) is 5.54. The van der Waals surface area contributed by atoms with Crippen molar-refractivity contribution in [3.63, 3.8) is 0 Å². The highest BCUT2D eigenvalue weighted by Gasteiger charge is 2.22. The van der Waals surface area contributed by atoms with E-state index in [1.807, 2.05) is 6.92 Å². The zero-order valence-electron chi connectivity index (χ0n) is 10.2. The minimum Gasteiger partial charge on any atom is -0.398 e. The second kappa shape index (κ2) is 5.99. The summed E-state index contributed by atoms with van der Waals surface area (Å²) < 4.78 is 40.4. The van der Waals surface area contributed by atoms with Gasteiger partial charge in [-0.1, -0.05) is 13.3 Å². The monoisotopic (exact) mass is 338 g/mol. The van der Waals surface area contributed by atoms with Crippen molar-refractivity contribution in [2.24, 2.45) is 0 Å². The molecule has 0 fully saturated rings. The van der Waals surface area contributed by atoms with Gasteiger partial charge in [0, 0.05) is 16.2 Å². The molecule has 0 saturated heterocycles. The molecule has 1 aromatic rings. The van der Waals surface area contributed by atoms with E-state index in [1.54, 1.807) is 6.92 Å². The van der Waals surface area contributed by atoms with Gasteiger partial charge in [-0.25, -0.2) is 17.5 Å². The fourth-order valence-electron chi connectivity index (χ4n) is 1.57. The molecule has 0 spiro atoms. The van der Waals surface area contributed by atoms with E-state index in [9.17, 15) is 12.8 Å². The van der Waals surface area contributed by atoms with E-state index in [1.165, 1.54) is 0 Å². The lowest BCUT2D eigenvalue weighted by molar-refractivity contribution is 0.531. The Balaban J connectivity index is 3.09. The Hall–Kier alpha value is -0.660. The second-order valence-corrected chi connectivity index (χ2v) is 6.65. The van der Waals surface area contributed by atoms with Crippen molar-refractivity contribution in [3.8, 4) is 0 Å². The van der Waals surface area contributed by atoms with Gasteiger partial charge in [0.2, 0.25) is 10.0 Å². The van der Waals surface area contributed by atoms with Gasteiger partial charge >= 0.3 is 0 Å². The van der Waals surface area contributed by atoms with Crippen LogP contribution < -0.4 is 10.5 Å². The predicted octanol–water partition coefficient (Wildman–Crippen LogP) is 2.64. The normalized spacial score (nSPS) is 13.6. The minimum absolute atomic E-state index is 0.180. The molecule has 18 heavy (non-hydrogen) atoms. The summed E-state index contributed by atoms with van der Waals surface area (Å²) >= 11 is 3.04. The summed E-state index contributed by atoms with van der Waals surface area (Å²) in [5.41, 5.74) is 5.75. The summed E-state index contributed by atoms with van der Waals surface area (Å²) in [6, 6.07) is 1.92. The van der Waals surface area contributed by atoms with Gasteiger partial charge in [0.05, 0.1) is 0 Å². The molecule has 1 aromatic carbocycles. The van der Waals surface area contributed by atoms with Crippen molar-refractivity contribution in [2.75, 3.05) is 5.73 Å². The van der Waals surface area contributed by atoms with Crippen molar-refractivity contribution in [2.45, 2.75) is 37.6 Å². The lowest BCUT2D eigenvalue weighted by Crippen LogP contribution is -2.33. The van der Waals surface area contributed by atoms with Crippen molar-refractivity contribution in [1.29, 1.82) is 0 Å². The summed E-state index contributed by atoms with van der Waals surface area (Å²) in [5, 5.41) is 0. The first kappa shape index (κ1) is 15.4. The van der Waals surface area contributed by atoms with Crippen LogP contribution in [0.15, 0.2) is 21.5 Å². The van der Waals surface area contributed by atoms with Gasteiger partial charge in [-0.2, -0.15) is 0 Å². The highest BCUT2D eigenvalue weighted by Crippen LogP contribution is 2.26. The van der Waals surface area contributed by atoms with Crippen LogP contribution in [-0.4, -0.2) is 14.5 Å². The maximum absolute atomic E-state index is 13.7. The SMILES string of the molecule is CCCC(C)NS(=O)(=O)c1cc(N)c(Br)cc1F. The third kappa shape index (κ3) is 3.66. The summed E-state index contributed by atoms with van der Waals surface area (Å²) in [7, 11) is -3.88. The van der Waals surface area contributed by atoms with Crippen LogP contribution >= 0.6 is 15.9 Å². The molecule has 0 aliphatic carbocycles. The Kier molecular flexibility index (Phi) is 5.12. The van der Waals surface area contributed by atoms with E-state index in [4.69, 9.17) is 5.73 Å². The van der Waals surface area contributed by atoms with E-state index in [2.05, 4.69) is 20.7 Å². The minimum atomic E-state index is -3.88. The predicted molar refractivity (Wildman–Crippen MR) is 73.2 cm³/mol. The topological polar surface area (TPSA) is 72.2 Å². The molecular formula is C11H16BrFN2O2S. The molecule has 102 valence electrons. The maximum Gasteiger partial charge on any atom is 0.243 e. The van der Waals surface area contributed by atoms with E-state index in [-0.39, 0.29) is 11.7 Å². The molecule has 1 atom stereocenters. The molecule has 4 nitrogen and oxygen atoms in total. The van der Waals surface area contributed by atoms with Crippen LogP contribution in [0.1, 0.15) is 26.7 Å². The molecule has 0 aliphatic heterocycles. The van der Waals surface area contributed by atoms with E-state index < -0.39 is 20.7 Å². The number of nitrogen functional groups attached to an aromatic ring is 1. The standard InChI is InChI=1S/C11H16BrFN2O2S/c1-3-4-7(2)15-18(16,17)11-6-10(14)8(12)5-9(11)13/h5-7,15H,3-4,14H2,1-2H3. The second-order valence-electron chi connectivity index (χ2n) is 4.12. The molecule has 0 aliphatic rings. The molecule has 0 saturated carbocycles. The van der Waals surface area contributed by atoms with Crippen LogP contribution in [0, 0.1) is 5.82 Å². The van der Waals surface area contributed by atoms with Crippen LogP contribution in [0.4, 0.5) is 10.1 Å². The van der Waals surface area contributed by atoms with Gasteiger partial charge in [0.25, 0.3) is 0 Å². The molecule has 0 aromatic heterocycles. The van der Waals surface area contributed by atoms with Crippen LogP contribution in [0.5, 0.6) is 0 Å². The Bertz CT molecular complexity index is 534. The van der Waals surface area contributed by atoms with Crippen molar-refractivity contribution < 1.29 is 12.8 Å². The van der Waals surface area contributed by atoms with Gasteiger partial charge in [-0.05, 0) is 41.4 Å². The average molecular weight is 339 g/mol. The largest absolute Gasteiger partial charge is 0.398 e. The van der Waals surface area contributed by atoms with Crippen molar-refractivity contribution in [3.05, 3.63) is 22.4 Å². The van der Waals surface area contributed by atoms with Crippen LogP contribution in [0.25, 0.3) is 0 Å². The van der Waals surface area contributed by atoms with Gasteiger partial charge in [-0.15, -0.1) is 0 Å². The Labute approximate surface area is 115 Å². The van der Waals surface area contributed by atoms with Crippen LogP contribution in [-0.2, 0) is 10.0 Å². The lowest BCUT2D eigenvalue weighted by Gasteiger charge is -2.14. The fourth-order valence-corrected chi connectivity index (χ4v) is 3.26. The average Bonchev–Trinajstić information content (AvgIpc) is 2.22. The Morgan fingerprint density at radius 1 is 1.50 bits per heavy atom. The van der Waals surface area contributed by atoms with Gasteiger partial charge < -0.3 is 5.73 Å². The zero-order chi connectivity index (χ0) is 13.9. The van der Waals surface area contributed by atoms with E-state index in [0.29, 0.717) is 10.9 Å². The molecule has 1 unspecified atom stereocenters. The number of halogens is 2. The molecule has 0 heterocycles. The number of hydrogen-bond donors (Lipinski definition) is 2. The van der Waals surface area contributed by atoms with Gasteiger partial charge in [0.1, 0.15) is 10.7 Å². The number of benzene rings is 1. The molecular weight excluding hydrogens is 323 g/mol. The zero-order valence-corrected chi connectivity index (χ0v) is 12.6. The molecule has 7 heteroatoms. The van der Waals surface area contributed by atoms with E-state index >= 15 is 0 Å². The molecule has 0 radical (unpaired) electrons. The number of rotatable bonds is 5. The Morgan fingerprint density at radius 3 is 2.67 bits per heavy atom. The summed E-state index contributed by atoms with van der Waals surface area (Å²) in [4.78, 5) is -0.425. The third-order valence-electron chi connectivity index (χ3n) is 2.42. The summed E-state index contributed by atoms with van der Waals surface area (Å²) in [5.74, 6) is -0.827. The third-order valence-corrected chi connectivity index (χ3v) is 4.71. The number of hydrogen-bond acceptors (Lipinski definition) is 3. The van der Waals surface area contributed by atoms with E-state index in [0.717, 1.165) is 18.6 Å². The van der Waals surface area contributed by atoms with Crippen LogP contribution in [0.2, 0.25) is 0 Å². The lowest BCUT2D eigenvalue weighted by atomic mass is 10.2. The number of sulfonamides is 1. The van der Waals surface area contributed by atoms with Crippen molar-refractivity contribution in [1.82, 2.24) is 4.72 Å². The quantitative estimate of drug-likeness (QED) is 0.810.